The number of halogens is 1. The van der Waals surface area contributed by atoms with Crippen LogP contribution in [0.15, 0.2) is 12.4 Å². The monoisotopic (exact) mass is 227 g/mol. The molecule has 1 heterocycles. The van der Waals surface area contributed by atoms with E-state index in [2.05, 4.69) is 15.3 Å². The number of hydrogen-bond donors (Lipinski definition) is 1. The summed E-state index contributed by atoms with van der Waals surface area (Å²) in [7, 11) is 0. The maximum absolute atomic E-state index is 12.5. The van der Waals surface area contributed by atoms with Crippen LogP contribution >= 0.6 is 0 Å². The number of unbranched alkanes of at least 4 members (excludes halogenated alkanes) is 1. The summed E-state index contributed by atoms with van der Waals surface area (Å²) in [5.74, 6) is 0.0436. The molecule has 0 bridgehead atoms. The number of rotatable bonds is 7. The minimum atomic E-state index is -0.420. The first-order valence-corrected chi connectivity index (χ1v) is 5.51. The molecular weight excluding hydrogens is 209 g/mol. The zero-order valence-electron chi connectivity index (χ0n) is 9.74. The van der Waals surface area contributed by atoms with E-state index in [0.29, 0.717) is 5.95 Å². The zero-order valence-corrected chi connectivity index (χ0v) is 9.74. The van der Waals surface area contributed by atoms with Gasteiger partial charge >= 0.3 is 0 Å². The Morgan fingerprint density at radius 2 is 2.00 bits per heavy atom. The molecule has 0 aliphatic heterocycles. The quantitative estimate of drug-likeness (QED) is 0.726. The Labute approximate surface area is 95.3 Å². The Hall–Kier alpha value is -1.23. The highest BCUT2D eigenvalue weighted by Gasteiger charge is 1.96. The van der Waals surface area contributed by atoms with Gasteiger partial charge in [-0.3, -0.25) is 0 Å². The molecule has 5 heteroatoms. The van der Waals surface area contributed by atoms with Crippen LogP contribution < -0.4 is 5.32 Å². The summed E-state index contributed by atoms with van der Waals surface area (Å²) in [6.07, 6.45) is 4.56. The van der Waals surface area contributed by atoms with Crippen molar-refractivity contribution in [3.63, 3.8) is 0 Å². The average Bonchev–Trinajstić information content (AvgIpc) is 2.25. The highest BCUT2D eigenvalue weighted by Crippen LogP contribution is 1.99. The van der Waals surface area contributed by atoms with Crippen molar-refractivity contribution in [3.05, 3.63) is 18.2 Å². The molecule has 0 amide bonds. The van der Waals surface area contributed by atoms with Gasteiger partial charge in [0.05, 0.1) is 18.5 Å². The van der Waals surface area contributed by atoms with Crippen LogP contribution in [-0.4, -0.2) is 29.2 Å². The lowest BCUT2D eigenvalue weighted by Gasteiger charge is -2.07. The lowest BCUT2D eigenvalue weighted by Crippen LogP contribution is -2.08. The Morgan fingerprint density at radius 3 is 2.62 bits per heavy atom. The Morgan fingerprint density at radius 1 is 1.31 bits per heavy atom. The van der Waals surface area contributed by atoms with E-state index in [9.17, 15) is 4.39 Å². The van der Waals surface area contributed by atoms with Gasteiger partial charge in [-0.05, 0) is 26.7 Å². The van der Waals surface area contributed by atoms with E-state index in [1.54, 1.807) is 0 Å². The molecule has 0 spiro atoms. The third-order valence-electron chi connectivity index (χ3n) is 1.93. The Bertz CT molecular complexity index is 290. The molecule has 0 aliphatic carbocycles. The van der Waals surface area contributed by atoms with Gasteiger partial charge in [0.1, 0.15) is 0 Å². The molecule has 0 fully saturated rings. The fraction of sp³-hybridized carbons (Fsp3) is 0.636. The van der Waals surface area contributed by atoms with Crippen molar-refractivity contribution in [2.75, 3.05) is 18.5 Å². The molecule has 1 N–H and O–H groups in total. The summed E-state index contributed by atoms with van der Waals surface area (Å²) >= 11 is 0. The number of aromatic nitrogens is 2. The van der Waals surface area contributed by atoms with Crippen molar-refractivity contribution in [2.24, 2.45) is 0 Å². The standard InChI is InChI=1S/C11H18FN3O/c1-9(2)16-6-4-3-5-13-11-14-7-10(12)8-15-11/h7-9H,3-6H2,1-2H3,(H,13,14,15). The fourth-order valence-electron chi connectivity index (χ4n) is 1.15. The fourth-order valence-corrected chi connectivity index (χ4v) is 1.15. The lowest BCUT2D eigenvalue weighted by atomic mass is 10.3. The van der Waals surface area contributed by atoms with E-state index in [-0.39, 0.29) is 6.10 Å². The number of ether oxygens (including phenoxy) is 1. The van der Waals surface area contributed by atoms with Crippen molar-refractivity contribution in [1.29, 1.82) is 0 Å². The minimum Gasteiger partial charge on any atom is -0.379 e. The minimum absolute atomic E-state index is 0.286. The molecule has 0 saturated heterocycles. The van der Waals surface area contributed by atoms with Crippen LogP contribution in [0.5, 0.6) is 0 Å². The van der Waals surface area contributed by atoms with Gasteiger partial charge < -0.3 is 10.1 Å². The maximum atomic E-state index is 12.5. The van der Waals surface area contributed by atoms with E-state index < -0.39 is 5.82 Å². The molecule has 0 aliphatic rings. The van der Waals surface area contributed by atoms with Crippen LogP contribution in [0.25, 0.3) is 0 Å². The van der Waals surface area contributed by atoms with Crippen molar-refractivity contribution in [1.82, 2.24) is 9.97 Å². The molecule has 0 saturated carbocycles. The van der Waals surface area contributed by atoms with Gasteiger partial charge in [0.25, 0.3) is 0 Å². The van der Waals surface area contributed by atoms with Crippen molar-refractivity contribution in [3.8, 4) is 0 Å². The van der Waals surface area contributed by atoms with Gasteiger partial charge in [-0.15, -0.1) is 0 Å². The molecule has 90 valence electrons. The molecule has 4 nitrogen and oxygen atoms in total. The number of nitrogens with one attached hydrogen (secondary N) is 1. The van der Waals surface area contributed by atoms with Crippen molar-refractivity contribution < 1.29 is 9.13 Å². The van der Waals surface area contributed by atoms with Gasteiger partial charge in [-0.1, -0.05) is 0 Å². The van der Waals surface area contributed by atoms with Crippen molar-refractivity contribution in [2.45, 2.75) is 32.8 Å². The first kappa shape index (κ1) is 12.8. The average molecular weight is 227 g/mol. The van der Waals surface area contributed by atoms with E-state index in [4.69, 9.17) is 4.74 Å². The van der Waals surface area contributed by atoms with Crippen LogP contribution in [0.4, 0.5) is 10.3 Å². The zero-order chi connectivity index (χ0) is 11.8. The molecule has 0 radical (unpaired) electrons. The van der Waals surface area contributed by atoms with Gasteiger partial charge in [0.15, 0.2) is 5.82 Å². The van der Waals surface area contributed by atoms with Crippen LogP contribution in [0, 0.1) is 5.82 Å². The lowest BCUT2D eigenvalue weighted by molar-refractivity contribution is 0.0765. The molecule has 0 aromatic carbocycles. The van der Waals surface area contributed by atoms with Crippen LogP contribution in [0.3, 0.4) is 0 Å². The molecular formula is C11H18FN3O. The second-order valence-electron chi connectivity index (χ2n) is 3.78. The van der Waals surface area contributed by atoms with Gasteiger partial charge in [-0.2, -0.15) is 0 Å². The third kappa shape index (κ3) is 5.60. The van der Waals surface area contributed by atoms with E-state index in [1.807, 2.05) is 13.8 Å². The predicted molar refractivity (Wildman–Crippen MR) is 60.8 cm³/mol. The summed E-state index contributed by atoms with van der Waals surface area (Å²) in [5, 5.41) is 3.02. The van der Waals surface area contributed by atoms with E-state index in [1.165, 1.54) is 0 Å². The van der Waals surface area contributed by atoms with Gasteiger partial charge in [-0.25, -0.2) is 14.4 Å². The van der Waals surface area contributed by atoms with Gasteiger partial charge in [0, 0.05) is 13.2 Å². The normalized spacial score (nSPS) is 10.8. The largest absolute Gasteiger partial charge is 0.379 e. The summed E-state index contributed by atoms with van der Waals surface area (Å²) in [4.78, 5) is 7.59. The molecule has 1 rings (SSSR count). The summed E-state index contributed by atoms with van der Waals surface area (Å²) in [6, 6.07) is 0. The highest BCUT2D eigenvalue weighted by atomic mass is 19.1. The second-order valence-corrected chi connectivity index (χ2v) is 3.78. The molecule has 1 aromatic rings. The highest BCUT2D eigenvalue weighted by molar-refractivity contribution is 5.21. The first-order valence-electron chi connectivity index (χ1n) is 5.51. The Balaban J connectivity index is 2.05. The van der Waals surface area contributed by atoms with Crippen LogP contribution in [-0.2, 0) is 4.74 Å². The smallest absolute Gasteiger partial charge is 0.222 e. The van der Waals surface area contributed by atoms with Gasteiger partial charge in [0.2, 0.25) is 5.95 Å². The van der Waals surface area contributed by atoms with E-state index >= 15 is 0 Å². The molecule has 0 unspecified atom stereocenters. The topological polar surface area (TPSA) is 47.0 Å². The van der Waals surface area contributed by atoms with E-state index in [0.717, 1.165) is 38.4 Å². The first-order chi connectivity index (χ1) is 7.68. The van der Waals surface area contributed by atoms with Crippen LogP contribution in [0.1, 0.15) is 26.7 Å². The van der Waals surface area contributed by atoms with Crippen LogP contribution in [0.2, 0.25) is 0 Å². The molecule has 1 aromatic heterocycles. The number of hydrogen-bond acceptors (Lipinski definition) is 4. The predicted octanol–water partition coefficient (Wildman–Crippen LogP) is 2.23. The molecule has 0 atom stereocenters. The number of anilines is 1. The second kappa shape index (κ2) is 7.11. The number of nitrogens with zero attached hydrogens (tertiary/aromatic N) is 2. The Kier molecular flexibility index (Phi) is 5.71. The summed E-state index contributed by atoms with van der Waals surface area (Å²) in [6.45, 7) is 5.58. The summed E-state index contributed by atoms with van der Waals surface area (Å²) in [5.41, 5.74) is 0. The maximum Gasteiger partial charge on any atom is 0.222 e. The van der Waals surface area contributed by atoms with Crippen molar-refractivity contribution >= 4 is 5.95 Å². The third-order valence-corrected chi connectivity index (χ3v) is 1.93. The SMILES string of the molecule is CC(C)OCCCCNc1ncc(F)cn1. The summed E-state index contributed by atoms with van der Waals surface area (Å²) < 4.78 is 17.9. The molecule has 16 heavy (non-hydrogen) atoms.